The van der Waals surface area contributed by atoms with Gasteiger partial charge in [0, 0.05) is 6.61 Å². The SMILES string of the molecule is [CH]1CCCCCCCCO1. The summed E-state index contributed by atoms with van der Waals surface area (Å²) in [4.78, 5) is 0. The summed E-state index contributed by atoms with van der Waals surface area (Å²) < 4.78 is 5.28. The molecule has 1 aliphatic rings. The van der Waals surface area contributed by atoms with Gasteiger partial charge in [0.1, 0.15) is 0 Å². The van der Waals surface area contributed by atoms with Crippen LogP contribution in [0.25, 0.3) is 0 Å². The second kappa shape index (κ2) is 5.72. The molecule has 1 rings (SSSR count). The van der Waals surface area contributed by atoms with Gasteiger partial charge in [-0.3, -0.25) is 0 Å². The normalized spacial score (nSPS) is 24.0. The van der Waals surface area contributed by atoms with Crippen molar-refractivity contribution in [1.29, 1.82) is 0 Å². The van der Waals surface area contributed by atoms with Crippen molar-refractivity contribution < 1.29 is 4.74 Å². The van der Waals surface area contributed by atoms with Crippen molar-refractivity contribution >= 4 is 0 Å². The van der Waals surface area contributed by atoms with Crippen LogP contribution in [-0.4, -0.2) is 6.61 Å². The molecular formula is C9H17O. The average molecular weight is 141 g/mol. The summed E-state index contributed by atoms with van der Waals surface area (Å²) >= 11 is 0. The lowest BCUT2D eigenvalue weighted by Crippen LogP contribution is -1.94. The van der Waals surface area contributed by atoms with Crippen molar-refractivity contribution in [2.45, 2.75) is 44.9 Å². The molecule has 0 aliphatic carbocycles. The first-order valence-corrected chi connectivity index (χ1v) is 4.43. The third kappa shape index (κ3) is 3.89. The van der Waals surface area contributed by atoms with Crippen LogP contribution in [0.2, 0.25) is 0 Å². The van der Waals surface area contributed by atoms with E-state index in [2.05, 4.69) is 0 Å². The second-order valence-corrected chi connectivity index (χ2v) is 2.95. The van der Waals surface area contributed by atoms with Gasteiger partial charge in [-0.2, -0.15) is 0 Å². The van der Waals surface area contributed by atoms with E-state index in [4.69, 9.17) is 4.74 Å². The minimum absolute atomic E-state index is 0.944. The Morgan fingerprint density at radius 1 is 0.800 bits per heavy atom. The van der Waals surface area contributed by atoms with Crippen LogP contribution in [0.15, 0.2) is 0 Å². The van der Waals surface area contributed by atoms with Crippen LogP contribution in [0.1, 0.15) is 44.9 Å². The summed E-state index contributed by atoms with van der Waals surface area (Å²) in [6.45, 7) is 2.92. The second-order valence-electron chi connectivity index (χ2n) is 2.95. The van der Waals surface area contributed by atoms with E-state index in [1.54, 1.807) is 0 Å². The summed E-state index contributed by atoms with van der Waals surface area (Å²) in [6, 6.07) is 0. The number of rotatable bonds is 0. The van der Waals surface area contributed by atoms with E-state index >= 15 is 0 Å². The summed E-state index contributed by atoms with van der Waals surface area (Å²) in [7, 11) is 0. The first-order chi connectivity index (χ1) is 5.00. The van der Waals surface area contributed by atoms with E-state index < -0.39 is 0 Å². The molecule has 0 N–H and O–H groups in total. The van der Waals surface area contributed by atoms with Gasteiger partial charge in [0.25, 0.3) is 0 Å². The smallest absolute Gasteiger partial charge is 0.0836 e. The highest BCUT2D eigenvalue weighted by molar-refractivity contribution is 4.55. The molecule has 1 nitrogen and oxygen atoms in total. The number of ether oxygens (including phenoxy) is 1. The third-order valence-corrected chi connectivity index (χ3v) is 1.95. The highest BCUT2D eigenvalue weighted by Gasteiger charge is 1.96. The first kappa shape index (κ1) is 8.06. The topological polar surface area (TPSA) is 9.23 Å². The van der Waals surface area contributed by atoms with Gasteiger partial charge < -0.3 is 4.74 Å². The van der Waals surface area contributed by atoms with Crippen molar-refractivity contribution in [3.63, 3.8) is 0 Å². The molecule has 0 aromatic carbocycles. The standard InChI is InChI=1S/C9H17O/c1-2-4-6-8-10-9-7-5-3-1/h8H,1-7,9H2. The number of hydrogen-bond donors (Lipinski definition) is 0. The third-order valence-electron chi connectivity index (χ3n) is 1.95. The zero-order valence-electron chi connectivity index (χ0n) is 6.64. The molecule has 1 heteroatoms. The van der Waals surface area contributed by atoms with Crippen molar-refractivity contribution in [1.82, 2.24) is 0 Å². The molecule has 1 heterocycles. The van der Waals surface area contributed by atoms with Gasteiger partial charge >= 0.3 is 0 Å². The Hall–Kier alpha value is -0.0400. The fourth-order valence-corrected chi connectivity index (χ4v) is 1.29. The zero-order chi connectivity index (χ0) is 7.07. The Morgan fingerprint density at radius 2 is 1.50 bits per heavy atom. The highest BCUT2D eigenvalue weighted by atomic mass is 16.5. The largest absolute Gasteiger partial charge is 0.376 e. The molecule has 0 spiro atoms. The van der Waals surface area contributed by atoms with Crippen molar-refractivity contribution in [3.8, 4) is 0 Å². The summed E-state index contributed by atoms with van der Waals surface area (Å²) in [5.74, 6) is 0. The van der Waals surface area contributed by atoms with Crippen molar-refractivity contribution in [3.05, 3.63) is 6.61 Å². The van der Waals surface area contributed by atoms with Crippen LogP contribution in [-0.2, 0) is 4.74 Å². The molecule has 10 heavy (non-hydrogen) atoms. The maximum atomic E-state index is 5.28. The highest BCUT2D eigenvalue weighted by Crippen LogP contribution is 2.11. The Labute approximate surface area is 63.8 Å². The van der Waals surface area contributed by atoms with Crippen LogP contribution in [0.5, 0.6) is 0 Å². The van der Waals surface area contributed by atoms with Crippen LogP contribution in [0, 0.1) is 6.61 Å². The van der Waals surface area contributed by atoms with E-state index in [0.717, 1.165) is 13.0 Å². The molecule has 0 bridgehead atoms. The molecule has 1 saturated heterocycles. The molecule has 0 unspecified atom stereocenters. The molecule has 59 valence electrons. The van der Waals surface area contributed by atoms with Gasteiger partial charge in [0.15, 0.2) is 0 Å². The van der Waals surface area contributed by atoms with Crippen LogP contribution < -0.4 is 0 Å². The fourth-order valence-electron chi connectivity index (χ4n) is 1.29. The van der Waals surface area contributed by atoms with Crippen molar-refractivity contribution in [2.24, 2.45) is 0 Å². The molecule has 0 aromatic rings. The molecule has 0 amide bonds. The first-order valence-electron chi connectivity index (χ1n) is 4.43. The van der Waals surface area contributed by atoms with E-state index in [1.165, 1.54) is 38.5 Å². The van der Waals surface area contributed by atoms with E-state index in [1.807, 2.05) is 6.61 Å². The summed E-state index contributed by atoms with van der Waals surface area (Å²) in [6.07, 6.45) is 9.29. The van der Waals surface area contributed by atoms with Crippen LogP contribution in [0.3, 0.4) is 0 Å². The molecule has 0 atom stereocenters. The minimum atomic E-state index is 0.944. The molecular weight excluding hydrogens is 124 g/mol. The van der Waals surface area contributed by atoms with Gasteiger partial charge in [-0.1, -0.05) is 32.1 Å². The van der Waals surface area contributed by atoms with Crippen LogP contribution >= 0.6 is 0 Å². The van der Waals surface area contributed by atoms with Gasteiger partial charge in [-0.15, -0.1) is 0 Å². The van der Waals surface area contributed by atoms with Crippen LogP contribution in [0.4, 0.5) is 0 Å². The Kier molecular flexibility index (Phi) is 4.61. The van der Waals surface area contributed by atoms with E-state index in [9.17, 15) is 0 Å². The zero-order valence-corrected chi connectivity index (χ0v) is 6.64. The fraction of sp³-hybridized carbons (Fsp3) is 0.889. The van der Waals surface area contributed by atoms with Crippen molar-refractivity contribution in [2.75, 3.05) is 6.61 Å². The predicted molar refractivity (Wildman–Crippen MR) is 42.6 cm³/mol. The van der Waals surface area contributed by atoms with E-state index in [0.29, 0.717) is 0 Å². The Balaban J connectivity index is 2.00. The lowest BCUT2D eigenvalue weighted by atomic mass is 10.1. The molecule has 0 aromatic heterocycles. The lowest BCUT2D eigenvalue weighted by molar-refractivity contribution is 0.180. The Bertz CT molecular complexity index is 37.9. The average Bonchev–Trinajstić information content (AvgIpc) is 2.01. The molecule has 0 saturated carbocycles. The quantitative estimate of drug-likeness (QED) is 0.504. The summed E-state index contributed by atoms with van der Waals surface area (Å²) in [5.41, 5.74) is 0. The number of hydrogen-bond acceptors (Lipinski definition) is 1. The molecule has 1 aliphatic heterocycles. The summed E-state index contributed by atoms with van der Waals surface area (Å²) in [5, 5.41) is 0. The monoisotopic (exact) mass is 141 g/mol. The Morgan fingerprint density at radius 3 is 2.40 bits per heavy atom. The van der Waals surface area contributed by atoms with Gasteiger partial charge in [-0.25, -0.2) is 0 Å². The van der Waals surface area contributed by atoms with Gasteiger partial charge in [0.2, 0.25) is 0 Å². The maximum Gasteiger partial charge on any atom is 0.0836 e. The van der Waals surface area contributed by atoms with Gasteiger partial charge in [0.05, 0.1) is 6.61 Å². The van der Waals surface area contributed by atoms with E-state index in [-0.39, 0.29) is 0 Å². The predicted octanol–water partition coefficient (Wildman–Crippen LogP) is 2.91. The molecule has 1 fully saturated rings. The molecule has 1 radical (unpaired) electrons. The maximum absolute atomic E-state index is 5.28. The van der Waals surface area contributed by atoms with Gasteiger partial charge in [-0.05, 0) is 12.8 Å². The minimum Gasteiger partial charge on any atom is -0.376 e. The lowest BCUT2D eigenvalue weighted by Gasteiger charge is -2.06.